The standard InChI is InChI=1S/C10H15Si3/c1-13(2)12-11-9-8-10-6-4-3-5-7-10/h3-7H,8-9H2,1-2H3. The Labute approximate surface area is 87.6 Å². The highest BCUT2D eigenvalue weighted by molar-refractivity contribution is 7.35. The zero-order valence-electron chi connectivity index (χ0n) is 8.30. The number of hydrogen-bond acceptors (Lipinski definition) is 0. The Morgan fingerprint density at radius 1 is 1.15 bits per heavy atom. The highest BCUT2D eigenvalue weighted by Crippen LogP contribution is 2.01. The zero-order chi connectivity index (χ0) is 9.52. The van der Waals surface area contributed by atoms with Crippen molar-refractivity contribution in [3.05, 3.63) is 35.9 Å². The average Bonchev–Trinajstić information content (AvgIpc) is 2.14. The molecule has 1 aromatic carbocycles. The van der Waals surface area contributed by atoms with E-state index in [1.165, 1.54) is 35.6 Å². The summed E-state index contributed by atoms with van der Waals surface area (Å²) in [5, 5.41) is 0. The van der Waals surface area contributed by atoms with E-state index in [-0.39, 0.29) is 8.31 Å². The van der Waals surface area contributed by atoms with Gasteiger partial charge in [-0.05, 0) is 12.0 Å². The summed E-state index contributed by atoms with van der Waals surface area (Å²) in [5.41, 5.74) is 1.50. The molecule has 0 atom stereocenters. The molecule has 0 bridgehead atoms. The fraction of sp³-hybridized carbons (Fsp3) is 0.400. The summed E-state index contributed by atoms with van der Waals surface area (Å²) in [6.07, 6.45) is 1.28. The largest absolute Gasteiger partial charge is 0.0739 e. The summed E-state index contributed by atoms with van der Waals surface area (Å²) in [6.45, 7) is 4.83. The summed E-state index contributed by atoms with van der Waals surface area (Å²) < 4.78 is 0. The van der Waals surface area contributed by atoms with Crippen LogP contribution in [-0.4, -0.2) is 25.9 Å². The molecule has 0 unspecified atom stereocenters. The van der Waals surface area contributed by atoms with Crippen LogP contribution in [0.4, 0.5) is 0 Å². The monoisotopic (exact) mass is 219 g/mol. The third kappa shape index (κ3) is 5.23. The van der Waals surface area contributed by atoms with E-state index in [1.807, 2.05) is 0 Å². The molecule has 1 rings (SSSR count). The molecule has 0 amide bonds. The molecule has 0 spiro atoms. The fourth-order valence-corrected chi connectivity index (χ4v) is 8.10. The molecule has 0 aromatic heterocycles. The molecule has 0 saturated carbocycles. The molecule has 5 radical (unpaired) electrons. The lowest BCUT2D eigenvalue weighted by Gasteiger charge is -2.01. The topological polar surface area (TPSA) is 0 Å². The van der Waals surface area contributed by atoms with E-state index in [2.05, 4.69) is 43.4 Å². The summed E-state index contributed by atoms with van der Waals surface area (Å²) in [5.74, 6) is 0. The van der Waals surface area contributed by atoms with Crippen LogP contribution in [0.1, 0.15) is 5.56 Å². The molecule has 67 valence electrons. The van der Waals surface area contributed by atoms with Gasteiger partial charge in [0.2, 0.25) is 0 Å². The van der Waals surface area contributed by atoms with E-state index >= 15 is 0 Å². The third-order valence-electron chi connectivity index (χ3n) is 1.72. The second-order valence-corrected chi connectivity index (χ2v) is 13.5. The molecule has 0 aliphatic rings. The molecule has 1 aromatic rings. The van der Waals surface area contributed by atoms with E-state index < -0.39 is 0 Å². The lowest BCUT2D eigenvalue weighted by molar-refractivity contribution is 1.13. The number of aryl methyl sites for hydroxylation is 1. The van der Waals surface area contributed by atoms with Gasteiger partial charge in [0.15, 0.2) is 0 Å². The quantitative estimate of drug-likeness (QED) is 0.526. The molecule has 13 heavy (non-hydrogen) atoms. The van der Waals surface area contributed by atoms with Crippen molar-refractivity contribution in [2.45, 2.75) is 25.6 Å². The van der Waals surface area contributed by atoms with Crippen LogP contribution in [0.5, 0.6) is 0 Å². The van der Waals surface area contributed by atoms with Gasteiger partial charge in [0.05, 0.1) is 0 Å². The summed E-state index contributed by atoms with van der Waals surface area (Å²) in [4.78, 5) is 0. The van der Waals surface area contributed by atoms with Crippen LogP contribution >= 0.6 is 0 Å². The van der Waals surface area contributed by atoms with Gasteiger partial charge in [-0.3, -0.25) is 0 Å². The van der Waals surface area contributed by atoms with Crippen LogP contribution in [0.2, 0.25) is 19.1 Å². The van der Waals surface area contributed by atoms with E-state index in [1.54, 1.807) is 0 Å². The highest BCUT2D eigenvalue weighted by atomic mass is 29.5. The lowest BCUT2D eigenvalue weighted by Crippen LogP contribution is -2.20. The first-order valence-corrected chi connectivity index (χ1v) is 11.3. The molecular weight excluding hydrogens is 204 g/mol. The first-order valence-electron chi connectivity index (χ1n) is 4.62. The van der Waals surface area contributed by atoms with Gasteiger partial charge in [0, 0.05) is 25.9 Å². The van der Waals surface area contributed by atoms with Crippen molar-refractivity contribution in [3.63, 3.8) is 0 Å². The minimum Gasteiger partial charge on any atom is -0.0739 e. The van der Waals surface area contributed by atoms with Crippen molar-refractivity contribution < 1.29 is 0 Å². The van der Waals surface area contributed by atoms with Crippen LogP contribution < -0.4 is 0 Å². The Morgan fingerprint density at radius 3 is 2.46 bits per heavy atom. The Kier molecular flexibility index (Phi) is 5.34. The SMILES string of the molecule is C[Si](C)[Si][Si]CCc1ccccc1. The Bertz CT molecular complexity index is 221. The Morgan fingerprint density at radius 2 is 1.85 bits per heavy atom. The van der Waals surface area contributed by atoms with Gasteiger partial charge < -0.3 is 0 Å². The summed E-state index contributed by atoms with van der Waals surface area (Å²) in [7, 11) is 2.53. The highest BCUT2D eigenvalue weighted by Gasteiger charge is 1.98. The van der Waals surface area contributed by atoms with Crippen molar-refractivity contribution in [2.75, 3.05) is 0 Å². The average molecular weight is 219 g/mol. The minimum atomic E-state index is 0.0516. The van der Waals surface area contributed by atoms with Crippen LogP contribution in [0.3, 0.4) is 0 Å². The molecule has 0 N–H and O–H groups in total. The second kappa shape index (κ2) is 6.34. The summed E-state index contributed by atoms with van der Waals surface area (Å²) >= 11 is 0. The maximum atomic E-state index is 2.42. The first kappa shape index (κ1) is 10.9. The number of hydrogen-bond donors (Lipinski definition) is 0. The Hall–Kier alpha value is -0.129. The predicted octanol–water partition coefficient (Wildman–Crippen LogP) is 2.22. The fourth-order valence-electron chi connectivity index (χ4n) is 1.09. The first-order chi connectivity index (χ1) is 6.29. The van der Waals surface area contributed by atoms with Gasteiger partial charge in [0.1, 0.15) is 0 Å². The van der Waals surface area contributed by atoms with Crippen molar-refractivity contribution in [1.82, 2.24) is 0 Å². The normalized spacial score (nSPS) is 10.7. The molecule has 0 fully saturated rings. The van der Waals surface area contributed by atoms with E-state index in [4.69, 9.17) is 0 Å². The van der Waals surface area contributed by atoms with Gasteiger partial charge in [-0.25, -0.2) is 0 Å². The van der Waals surface area contributed by atoms with E-state index in [0.717, 1.165) is 0 Å². The van der Waals surface area contributed by atoms with Crippen molar-refractivity contribution in [3.8, 4) is 0 Å². The van der Waals surface area contributed by atoms with Crippen molar-refractivity contribution in [1.29, 1.82) is 0 Å². The van der Waals surface area contributed by atoms with Crippen molar-refractivity contribution >= 4 is 25.9 Å². The number of rotatable bonds is 5. The lowest BCUT2D eigenvalue weighted by atomic mass is 10.2. The van der Waals surface area contributed by atoms with Gasteiger partial charge in [-0.1, -0.05) is 49.5 Å². The molecule has 0 aliphatic heterocycles. The predicted molar refractivity (Wildman–Crippen MR) is 63.9 cm³/mol. The second-order valence-electron chi connectivity index (χ2n) is 3.29. The molecule has 0 heterocycles. The molecule has 3 heteroatoms. The maximum Gasteiger partial charge on any atom is 0.0241 e. The third-order valence-corrected chi connectivity index (χ3v) is 11.8. The van der Waals surface area contributed by atoms with Crippen LogP contribution in [0.15, 0.2) is 30.3 Å². The van der Waals surface area contributed by atoms with Crippen LogP contribution in [-0.2, 0) is 6.42 Å². The van der Waals surface area contributed by atoms with Gasteiger partial charge in [-0.2, -0.15) is 0 Å². The molecule has 0 nitrogen and oxygen atoms in total. The summed E-state index contributed by atoms with van der Waals surface area (Å²) in [6, 6.07) is 12.2. The molecular formula is C10H15Si3. The van der Waals surface area contributed by atoms with E-state index in [0.29, 0.717) is 0 Å². The number of benzene rings is 1. The van der Waals surface area contributed by atoms with Gasteiger partial charge in [-0.15, -0.1) is 0 Å². The molecule has 0 saturated heterocycles. The van der Waals surface area contributed by atoms with Gasteiger partial charge in [0.25, 0.3) is 0 Å². The van der Waals surface area contributed by atoms with Crippen molar-refractivity contribution in [2.24, 2.45) is 0 Å². The zero-order valence-corrected chi connectivity index (χ0v) is 11.3. The van der Waals surface area contributed by atoms with Crippen LogP contribution in [0.25, 0.3) is 0 Å². The van der Waals surface area contributed by atoms with Crippen LogP contribution in [0, 0.1) is 0 Å². The van der Waals surface area contributed by atoms with Gasteiger partial charge >= 0.3 is 0 Å². The maximum absolute atomic E-state index is 2.42. The smallest absolute Gasteiger partial charge is 0.0241 e. The minimum absolute atomic E-state index is 0.0516. The molecule has 0 aliphatic carbocycles. The Balaban J connectivity index is 2.13. The van der Waals surface area contributed by atoms with E-state index in [9.17, 15) is 0 Å².